The van der Waals surface area contributed by atoms with Crippen LogP contribution in [0.25, 0.3) is 0 Å². The molecule has 0 fully saturated rings. The van der Waals surface area contributed by atoms with E-state index in [1.807, 2.05) is 0 Å². The number of hydrogen-bond acceptors (Lipinski definition) is 4. The Kier molecular flexibility index (Phi) is 2.81. The molecule has 0 radical (unpaired) electrons. The van der Waals surface area contributed by atoms with Gasteiger partial charge in [-0.3, -0.25) is 10.1 Å². The molecule has 5 heteroatoms. The molecule has 0 amide bonds. The lowest BCUT2D eigenvalue weighted by molar-refractivity contribution is -0.385. The van der Waals surface area contributed by atoms with Crippen molar-refractivity contribution in [2.45, 2.75) is 6.92 Å². The highest BCUT2D eigenvalue weighted by atomic mass is 16.6. The maximum Gasteiger partial charge on any atom is 0.311 e. The SMILES string of the molecule is COc1c(C(C)=N)cccc1[N+](=O)[O-]. The second-order valence-electron chi connectivity index (χ2n) is 2.74. The first-order chi connectivity index (χ1) is 6.57. The number of ether oxygens (including phenoxy) is 1. The van der Waals surface area contributed by atoms with Gasteiger partial charge in [0.25, 0.3) is 0 Å². The van der Waals surface area contributed by atoms with Gasteiger partial charge in [0, 0.05) is 17.3 Å². The highest BCUT2D eigenvalue weighted by Crippen LogP contribution is 2.30. The summed E-state index contributed by atoms with van der Waals surface area (Å²) in [5.41, 5.74) is 0.573. The third-order valence-corrected chi connectivity index (χ3v) is 1.80. The number of para-hydroxylation sites is 1. The summed E-state index contributed by atoms with van der Waals surface area (Å²) < 4.78 is 4.92. The zero-order valence-corrected chi connectivity index (χ0v) is 7.90. The fraction of sp³-hybridized carbons (Fsp3) is 0.222. The van der Waals surface area contributed by atoms with E-state index in [-0.39, 0.29) is 17.1 Å². The molecule has 0 heterocycles. The van der Waals surface area contributed by atoms with Gasteiger partial charge in [-0.05, 0) is 13.0 Å². The monoisotopic (exact) mass is 194 g/mol. The van der Waals surface area contributed by atoms with Crippen LogP contribution in [0.3, 0.4) is 0 Å². The Labute approximate surface area is 81.0 Å². The van der Waals surface area contributed by atoms with Gasteiger partial charge >= 0.3 is 5.69 Å². The minimum Gasteiger partial charge on any atom is -0.490 e. The van der Waals surface area contributed by atoms with Gasteiger partial charge in [-0.1, -0.05) is 6.07 Å². The summed E-state index contributed by atoms with van der Waals surface area (Å²) in [5, 5.41) is 18.0. The molecule has 0 saturated heterocycles. The Balaban J connectivity index is 3.39. The minimum absolute atomic E-state index is 0.114. The maximum atomic E-state index is 10.6. The second-order valence-corrected chi connectivity index (χ2v) is 2.74. The number of nitrogens with zero attached hydrogens (tertiary/aromatic N) is 1. The third kappa shape index (κ3) is 1.71. The van der Waals surface area contributed by atoms with Crippen molar-refractivity contribution in [3.05, 3.63) is 33.9 Å². The minimum atomic E-state index is -0.523. The summed E-state index contributed by atoms with van der Waals surface area (Å²) in [7, 11) is 1.36. The van der Waals surface area contributed by atoms with Crippen molar-refractivity contribution in [3.63, 3.8) is 0 Å². The highest BCUT2D eigenvalue weighted by molar-refractivity contribution is 5.99. The molecule has 1 aromatic rings. The Hall–Kier alpha value is -1.91. The first kappa shape index (κ1) is 10.2. The molecule has 0 bridgehead atoms. The standard InChI is InChI=1S/C9H10N2O3/c1-6(10)7-4-3-5-8(11(12)13)9(7)14-2/h3-5,10H,1-2H3. The molecule has 0 aliphatic rings. The van der Waals surface area contributed by atoms with Gasteiger partial charge in [-0.25, -0.2) is 0 Å². The molecule has 74 valence electrons. The number of methoxy groups -OCH3 is 1. The van der Waals surface area contributed by atoms with E-state index in [0.29, 0.717) is 5.56 Å². The number of nitro benzene ring substituents is 1. The van der Waals surface area contributed by atoms with Crippen molar-refractivity contribution < 1.29 is 9.66 Å². The van der Waals surface area contributed by atoms with E-state index < -0.39 is 4.92 Å². The van der Waals surface area contributed by atoms with E-state index in [1.165, 1.54) is 19.2 Å². The molecule has 0 atom stereocenters. The predicted molar refractivity (Wildman–Crippen MR) is 52.2 cm³/mol. The molecule has 0 unspecified atom stereocenters. The van der Waals surface area contributed by atoms with Crippen LogP contribution in [0.2, 0.25) is 0 Å². The van der Waals surface area contributed by atoms with Gasteiger partial charge in [-0.2, -0.15) is 0 Å². The van der Waals surface area contributed by atoms with E-state index >= 15 is 0 Å². The molecule has 1 N–H and O–H groups in total. The number of nitrogens with one attached hydrogen (secondary N) is 1. The lowest BCUT2D eigenvalue weighted by Gasteiger charge is -2.06. The van der Waals surface area contributed by atoms with Gasteiger partial charge in [-0.15, -0.1) is 0 Å². The van der Waals surface area contributed by atoms with E-state index in [4.69, 9.17) is 10.1 Å². The van der Waals surface area contributed by atoms with Gasteiger partial charge in [0.05, 0.1) is 12.0 Å². The van der Waals surface area contributed by atoms with Gasteiger partial charge in [0.1, 0.15) is 0 Å². The average Bonchev–Trinajstić information content (AvgIpc) is 2.16. The quantitative estimate of drug-likeness (QED) is 0.454. The molecule has 0 saturated carbocycles. The summed E-state index contributed by atoms with van der Waals surface area (Å²) in [4.78, 5) is 10.1. The van der Waals surface area contributed by atoms with E-state index in [9.17, 15) is 10.1 Å². The smallest absolute Gasteiger partial charge is 0.311 e. The largest absolute Gasteiger partial charge is 0.490 e. The molecule has 0 aliphatic heterocycles. The summed E-state index contributed by atoms with van der Waals surface area (Å²) in [6, 6.07) is 4.51. The van der Waals surface area contributed by atoms with Crippen molar-refractivity contribution >= 4 is 11.4 Å². The molecule has 5 nitrogen and oxygen atoms in total. The van der Waals surface area contributed by atoms with Crippen molar-refractivity contribution in [2.75, 3.05) is 7.11 Å². The van der Waals surface area contributed by atoms with Crippen LogP contribution in [0, 0.1) is 15.5 Å². The molecule has 1 rings (SSSR count). The highest BCUT2D eigenvalue weighted by Gasteiger charge is 2.18. The summed E-state index contributed by atoms with van der Waals surface area (Å²) in [6.45, 7) is 1.56. The van der Waals surface area contributed by atoms with Crippen molar-refractivity contribution in [1.82, 2.24) is 0 Å². The van der Waals surface area contributed by atoms with E-state index in [0.717, 1.165) is 0 Å². The Morgan fingerprint density at radius 2 is 2.21 bits per heavy atom. The zero-order valence-electron chi connectivity index (χ0n) is 7.90. The summed E-state index contributed by atoms with van der Waals surface area (Å²) >= 11 is 0. The number of benzene rings is 1. The van der Waals surface area contributed by atoms with Crippen LogP contribution in [0.4, 0.5) is 5.69 Å². The molecule has 14 heavy (non-hydrogen) atoms. The first-order valence-electron chi connectivity index (χ1n) is 3.95. The number of rotatable bonds is 3. The molecular formula is C9H10N2O3. The Morgan fingerprint density at radius 1 is 1.57 bits per heavy atom. The van der Waals surface area contributed by atoms with Crippen molar-refractivity contribution in [3.8, 4) is 5.75 Å². The Morgan fingerprint density at radius 3 is 2.64 bits per heavy atom. The fourth-order valence-electron chi connectivity index (χ4n) is 1.18. The van der Waals surface area contributed by atoms with Crippen molar-refractivity contribution in [1.29, 1.82) is 5.41 Å². The summed E-state index contributed by atoms with van der Waals surface area (Å²) in [6.07, 6.45) is 0. The topological polar surface area (TPSA) is 76.2 Å². The molecular weight excluding hydrogens is 184 g/mol. The molecule has 1 aromatic carbocycles. The third-order valence-electron chi connectivity index (χ3n) is 1.80. The Bertz CT molecular complexity index is 355. The van der Waals surface area contributed by atoms with Crippen LogP contribution in [0.5, 0.6) is 5.75 Å². The summed E-state index contributed by atoms with van der Waals surface area (Å²) in [5.74, 6) is 0.144. The van der Waals surface area contributed by atoms with Gasteiger partial charge < -0.3 is 10.1 Å². The number of nitro groups is 1. The van der Waals surface area contributed by atoms with Crippen LogP contribution in [-0.4, -0.2) is 17.7 Å². The zero-order chi connectivity index (χ0) is 10.7. The predicted octanol–water partition coefficient (Wildman–Crippen LogP) is 1.99. The maximum absolute atomic E-state index is 10.6. The van der Waals surface area contributed by atoms with E-state index in [2.05, 4.69) is 0 Å². The lowest BCUT2D eigenvalue weighted by Crippen LogP contribution is -2.01. The average molecular weight is 194 g/mol. The molecule has 0 spiro atoms. The van der Waals surface area contributed by atoms with Crippen molar-refractivity contribution in [2.24, 2.45) is 0 Å². The normalized spacial score (nSPS) is 9.57. The fourth-order valence-corrected chi connectivity index (χ4v) is 1.18. The molecule has 0 aromatic heterocycles. The van der Waals surface area contributed by atoms with Crippen LogP contribution in [-0.2, 0) is 0 Å². The van der Waals surface area contributed by atoms with Crippen LogP contribution < -0.4 is 4.74 Å². The molecule has 0 aliphatic carbocycles. The van der Waals surface area contributed by atoms with E-state index in [1.54, 1.807) is 13.0 Å². The first-order valence-corrected chi connectivity index (χ1v) is 3.95. The van der Waals surface area contributed by atoms with Gasteiger partial charge in [0.2, 0.25) is 5.75 Å². The number of hydrogen-bond donors (Lipinski definition) is 1. The van der Waals surface area contributed by atoms with Crippen LogP contribution >= 0.6 is 0 Å². The van der Waals surface area contributed by atoms with Crippen LogP contribution in [0.1, 0.15) is 12.5 Å². The second kappa shape index (κ2) is 3.87. The lowest BCUT2D eigenvalue weighted by atomic mass is 10.1. The van der Waals surface area contributed by atoms with Crippen LogP contribution in [0.15, 0.2) is 18.2 Å². The van der Waals surface area contributed by atoms with Gasteiger partial charge in [0.15, 0.2) is 0 Å².